The SMILES string of the molecule is CCc1ccc(N2C(c3ccccc3)=NN(c3ccccc3)C23C(=O)Nc2ccccc23)cc1. The molecule has 34 heavy (non-hydrogen) atoms. The van der Waals surface area contributed by atoms with Crippen molar-refractivity contribution in [1.29, 1.82) is 0 Å². The first-order valence-electron chi connectivity index (χ1n) is 11.5. The molecule has 2 aliphatic heterocycles. The second-order valence-electron chi connectivity index (χ2n) is 8.46. The Labute approximate surface area is 199 Å². The molecule has 0 saturated heterocycles. The normalized spacial score (nSPS) is 18.7. The van der Waals surface area contributed by atoms with E-state index < -0.39 is 5.66 Å². The van der Waals surface area contributed by atoms with Crippen LogP contribution in [0, 0.1) is 0 Å². The van der Waals surface area contributed by atoms with Crippen LogP contribution in [0.1, 0.15) is 23.6 Å². The minimum Gasteiger partial charge on any atom is -0.322 e. The van der Waals surface area contributed by atoms with E-state index in [0.29, 0.717) is 0 Å². The zero-order valence-corrected chi connectivity index (χ0v) is 18.8. The van der Waals surface area contributed by atoms with Gasteiger partial charge in [0.15, 0.2) is 5.84 Å². The van der Waals surface area contributed by atoms with Crippen LogP contribution >= 0.6 is 0 Å². The minimum atomic E-state index is -1.20. The summed E-state index contributed by atoms with van der Waals surface area (Å²) in [7, 11) is 0. The maximum absolute atomic E-state index is 14.1. The number of aryl methyl sites for hydroxylation is 1. The first kappa shape index (κ1) is 20.2. The van der Waals surface area contributed by atoms with E-state index in [1.807, 2.05) is 89.9 Å². The molecule has 4 aromatic rings. The van der Waals surface area contributed by atoms with Crippen LogP contribution in [0.4, 0.5) is 17.1 Å². The molecule has 0 aliphatic carbocycles. The molecule has 166 valence electrons. The van der Waals surface area contributed by atoms with Crippen LogP contribution in [0.5, 0.6) is 0 Å². The van der Waals surface area contributed by atoms with Crippen LogP contribution in [0.25, 0.3) is 0 Å². The fourth-order valence-corrected chi connectivity index (χ4v) is 4.90. The number of nitrogens with zero attached hydrogens (tertiary/aromatic N) is 3. The monoisotopic (exact) mass is 444 g/mol. The van der Waals surface area contributed by atoms with Crippen LogP contribution in [0.3, 0.4) is 0 Å². The van der Waals surface area contributed by atoms with Gasteiger partial charge >= 0.3 is 0 Å². The Morgan fingerprint density at radius 3 is 2.12 bits per heavy atom. The molecule has 0 aromatic heterocycles. The van der Waals surface area contributed by atoms with E-state index in [9.17, 15) is 4.79 Å². The number of anilines is 3. The molecule has 5 nitrogen and oxygen atoms in total. The second-order valence-corrected chi connectivity index (χ2v) is 8.46. The van der Waals surface area contributed by atoms with Gasteiger partial charge < -0.3 is 5.32 Å². The second kappa shape index (κ2) is 7.89. The van der Waals surface area contributed by atoms with Gasteiger partial charge in [-0.2, -0.15) is 5.10 Å². The summed E-state index contributed by atoms with van der Waals surface area (Å²) in [6, 6.07) is 36.2. The molecule has 1 amide bonds. The van der Waals surface area contributed by atoms with E-state index in [2.05, 4.69) is 41.4 Å². The molecule has 2 heterocycles. The summed E-state index contributed by atoms with van der Waals surface area (Å²) in [6.45, 7) is 2.14. The molecule has 0 radical (unpaired) electrons. The molecular weight excluding hydrogens is 420 g/mol. The first-order valence-corrected chi connectivity index (χ1v) is 11.5. The van der Waals surface area contributed by atoms with Crippen molar-refractivity contribution in [2.75, 3.05) is 15.2 Å². The standard InChI is InChI=1S/C29H24N4O/c1-2-21-17-19-23(20-18-21)32-27(22-11-5-3-6-12-22)31-33(24-13-7-4-8-14-24)29(32)25-15-9-10-16-26(25)30-28(29)34/h3-20H,2H2,1H3,(H,30,34). The lowest BCUT2D eigenvalue weighted by atomic mass is 9.95. The Kier molecular flexibility index (Phi) is 4.69. The van der Waals surface area contributed by atoms with Crippen LogP contribution in [0.2, 0.25) is 0 Å². The molecule has 6 rings (SSSR count). The Balaban J connectivity index is 1.67. The van der Waals surface area contributed by atoms with Gasteiger partial charge in [0.2, 0.25) is 5.66 Å². The molecule has 1 N–H and O–H groups in total. The van der Waals surface area contributed by atoms with Gasteiger partial charge in [0.05, 0.1) is 5.69 Å². The summed E-state index contributed by atoms with van der Waals surface area (Å²) in [5.74, 6) is 0.590. The highest BCUT2D eigenvalue weighted by atomic mass is 16.2. The van der Waals surface area contributed by atoms with Crippen LogP contribution in [-0.2, 0) is 16.9 Å². The van der Waals surface area contributed by atoms with Crippen LogP contribution in [-0.4, -0.2) is 11.7 Å². The van der Waals surface area contributed by atoms with E-state index in [4.69, 9.17) is 5.10 Å². The lowest BCUT2D eigenvalue weighted by Crippen LogP contribution is -2.58. The van der Waals surface area contributed by atoms with Crippen molar-refractivity contribution in [3.8, 4) is 0 Å². The number of amidine groups is 1. The largest absolute Gasteiger partial charge is 0.322 e. The van der Waals surface area contributed by atoms with Crippen molar-refractivity contribution >= 4 is 28.8 Å². The molecular formula is C29H24N4O. The highest BCUT2D eigenvalue weighted by Crippen LogP contribution is 2.50. The van der Waals surface area contributed by atoms with Crippen molar-refractivity contribution in [2.24, 2.45) is 5.10 Å². The Morgan fingerprint density at radius 2 is 1.41 bits per heavy atom. The summed E-state index contributed by atoms with van der Waals surface area (Å²) >= 11 is 0. The van der Waals surface area contributed by atoms with Gasteiger partial charge in [-0.3, -0.25) is 9.69 Å². The maximum atomic E-state index is 14.1. The number of hydrogen-bond donors (Lipinski definition) is 1. The van der Waals surface area contributed by atoms with Crippen LogP contribution < -0.4 is 15.2 Å². The average Bonchev–Trinajstić information content (AvgIpc) is 3.41. The fraction of sp³-hybridized carbons (Fsp3) is 0.103. The van der Waals surface area contributed by atoms with Gasteiger partial charge in [-0.15, -0.1) is 0 Å². The number of fused-ring (bicyclic) bond motifs is 2. The van der Waals surface area contributed by atoms with Gasteiger partial charge in [0.1, 0.15) is 0 Å². The third-order valence-electron chi connectivity index (χ3n) is 6.54. The average molecular weight is 445 g/mol. The number of rotatable bonds is 4. The predicted octanol–water partition coefficient (Wildman–Crippen LogP) is 5.74. The summed E-state index contributed by atoms with van der Waals surface area (Å²) in [5.41, 5.74) is 4.41. The van der Waals surface area contributed by atoms with E-state index in [1.54, 1.807) is 0 Å². The molecule has 1 unspecified atom stereocenters. The third kappa shape index (κ3) is 2.87. The molecule has 0 saturated carbocycles. The third-order valence-corrected chi connectivity index (χ3v) is 6.54. The lowest BCUT2D eigenvalue weighted by molar-refractivity contribution is -0.120. The van der Waals surface area contributed by atoms with Crippen molar-refractivity contribution in [2.45, 2.75) is 19.0 Å². The number of para-hydroxylation sites is 2. The lowest BCUT2D eigenvalue weighted by Gasteiger charge is -2.40. The van der Waals surface area contributed by atoms with E-state index in [1.165, 1.54) is 5.56 Å². The predicted molar refractivity (Wildman–Crippen MR) is 137 cm³/mol. The molecule has 1 atom stereocenters. The van der Waals surface area contributed by atoms with Gasteiger partial charge in [0.25, 0.3) is 5.91 Å². The molecule has 1 spiro atoms. The zero-order chi connectivity index (χ0) is 23.1. The number of carbonyl (C=O) groups excluding carboxylic acids is 1. The van der Waals surface area contributed by atoms with Gasteiger partial charge in [-0.05, 0) is 42.3 Å². The zero-order valence-electron chi connectivity index (χ0n) is 18.8. The van der Waals surface area contributed by atoms with Crippen molar-refractivity contribution in [1.82, 2.24) is 0 Å². The maximum Gasteiger partial charge on any atom is 0.278 e. The van der Waals surface area contributed by atoms with Crippen molar-refractivity contribution < 1.29 is 4.79 Å². The van der Waals surface area contributed by atoms with Crippen LogP contribution in [0.15, 0.2) is 114 Å². The smallest absolute Gasteiger partial charge is 0.278 e. The fourth-order valence-electron chi connectivity index (χ4n) is 4.90. The number of hydrazone groups is 1. The van der Waals surface area contributed by atoms with Crippen molar-refractivity contribution in [3.63, 3.8) is 0 Å². The molecule has 0 bridgehead atoms. The molecule has 2 aliphatic rings. The highest BCUT2D eigenvalue weighted by Gasteiger charge is 2.61. The molecule has 0 fully saturated rings. The summed E-state index contributed by atoms with van der Waals surface area (Å²) in [5, 5.41) is 10.1. The van der Waals surface area contributed by atoms with Gasteiger partial charge in [0, 0.05) is 22.5 Å². The van der Waals surface area contributed by atoms with Gasteiger partial charge in [-0.1, -0.05) is 85.8 Å². The summed E-state index contributed by atoms with van der Waals surface area (Å²) in [6.07, 6.45) is 0.949. The Morgan fingerprint density at radius 1 is 0.765 bits per heavy atom. The summed E-state index contributed by atoms with van der Waals surface area (Å²) < 4.78 is 0. The van der Waals surface area contributed by atoms with Crippen molar-refractivity contribution in [3.05, 3.63) is 126 Å². The number of amides is 1. The van der Waals surface area contributed by atoms with E-state index in [0.717, 1.165) is 40.4 Å². The number of carbonyl (C=O) groups is 1. The summed E-state index contributed by atoms with van der Waals surface area (Å²) in [4.78, 5) is 16.1. The topological polar surface area (TPSA) is 47.9 Å². The molecule has 4 aromatic carbocycles. The number of benzene rings is 4. The highest BCUT2D eigenvalue weighted by molar-refractivity contribution is 6.22. The molecule has 5 heteroatoms. The quantitative estimate of drug-likeness (QED) is 0.436. The van der Waals surface area contributed by atoms with E-state index >= 15 is 0 Å². The Hall–Kier alpha value is -4.38. The minimum absolute atomic E-state index is 0.133. The number of hydrogen-bond acceptors (Lipinski definition) is 4. The van der Waals surface area contributed by atoms with Gasteiger partial charge in [-0.25, -0.2) is 5.01 Å². The Bertz CT molecular complexity index is 1380. The first-order chi connectivity index (χ1) is 16.7. The van der Waals surface area contributed by atoms with E-state index in [-0.39, 0.29) is 5.91 Å². The number of nitrogens with one attached hydrogen (secondary N) is 1.